The molecule has 11 heavy (non-hydrogen) atoms. The molecule has 3 heteroatoms. The molecule has 1 N–H and O–H groups in total. The molecule has 0 aromatic rings. The third-order valence-corrected chi connectivity index (χ3v) is 1.66. The van der Waals surface area contributed by atoms with Gasteiger partial charge in [0.05, 0.1) is 5.92 Å². The van der Waals surface area contributed by atoms with Gasteiger partial charge in [0.25, 0.3) is 0 Å². The molecule has 0 aliphatic carbocycles. The summed E-state index contributed by atoms with van der Waals surface area (Å²) in [6, 6.07) is 0. The molecule has 0 bridgehead atoms. The molecule has 1 unspecified atom stereocenters. The Morgan fingerprint density at radius 3 is 2.36 bits per heavy atom. The molecule has 62 valence electrons. The third kappa shape index (κ3) is 8.00. The zero-order valence-electron chi connectivity index (χ0n) is 7.47. The summed E-state index contributed by atoms with van der Waals surface area (Å²) in [5.74, 6) is -0.831. The van der Waals surface area contributed by atoms with Crippen LogP contribution in [0.15, 0.2) is 0 Å². The number of carboxylic acid groups (broad SMARTS) is 1. The molecule has 1 atom stereocenters. The Bertz CT molecular complexity index is 104. The molecule has 0 aromatic carbocycles. The van der Waals surface area contributed by atoms with Crippen molar-refractivity contribution in [3.63, 3.8) is 0 Å². The number of carbonyl (C=O) groups is 1. The summed E-state index contributed by atoms with van der Waals surface area (Å²) in [5, 5.41) is 8.48. The quantitative estimate of drug-likeness (QED) is 0.557. The predicted molar refractivity (Wildman–Crippen MR) is 40.9 cm³/mol. The summed E-state index contributed by atoms with van der Waals surface area (Å²) >= 11 is 0. The Labute approximate surface area is 81.1 Å². The third-order valence-electron chi connectivity index (χ3n) is 1.66. The first kappa shape index (κ1) is 13.7. The van der Waals surface area contributed by atoms with Crippen molar-refractivity contribution in [1.29, 1.82) is 0 Å². The van der Waals surface area contributed by atoms with Crippen molar-refractivity contribution < 1.29 is 29.4 Å². The normalized spacial score (nSPS) is 11.8. The van der Waals surface area contributed by atoms with E-state index >= 15 is 0 Å². The maximum atomic E-state index is 10.3. The molecule has 0 aliphatic rings. The summed E-state index contributed by atoms with van der Waals surface area (Å²) in [6.45, 7) is 3.88. The van der Waals surface area contributed by atoms with Gasteiger partial charge in [0.1, 0.15) is 0 Å². The van der Waals surface area contributed by atoms with Gasteiger partial charge in [-0.3, -0.25) is 4.79 Å². The van der Waals surface area contributed by atoms with Crippen molar-refractivity contribution in [3.8, 4) is 0 Å². The summed E-state index contributed by atoms with van der Waals surface area (Å²) in [6.07, 6.45) is 4.18. The average Bonchev–Trinajstić information content (AvgIpc) is 1.88. The van der Waals surface area contributed by atoms with Crippen molar-refractivity contribution in [2.45, 2.75) is 39.5 Å². The maximum Gasteiger partial charge on any atom is 0.306 e. The predicted octanol–water partition coefficient (Wildman–Crippen LogP) is 2.28. The number of carboxylic acids is 1. The van der Waals surface area contributed by atoms with Crippen LogP contribution >= 0.6 is 0 Å². The number of hydrogen-bond donors (Lipinski definition) is 1. The molecule has 0 saturated heterocycles. The van der Waals surface area contributed by atoms with Gasteiger partial charge >= 0.3 is 5.97 Å². The average molecular weight is 210 g/mol. The van der Waals surface area contributed by atoms with E-state index in [1.807, 2.05) is 0 Å². The Kier molecular flexibility index (Phi) is 10.2. The van der Waals surface area contributed by atoms with Crippen molar-refractivity contribution >= 4 is 5.97 Å². The smallest absolute Gasteiger partial charge is 0.306 e. The van der Waals surface area contributed by atoms with E-state index in [4.69, 9.17) is 5.11 Å². The fraction of sp³-hybridized carbons (Fsp3) is 0.875. The monoisotopic (exact) mass is 208 g/mol. The van der Waals surface area contributed by atoms with E-state index in [1.54, 1.807) is 6.92 Å². The summed E-state index contributed by atoms with van der Waals surface area (Å²) in [4.78, 5) is 10.3. The van der Waals surface area contributed by atoms with Crippen LogP contribution in [-0.2, 0) is 24.3 Å². The fourth-order valence-electron chi connectivity index (χ4n) is 0.824. The molecular formula is C8H16O2Zn. The number of unbranched alkanes of at least 4 members (excludes halogenated alkanes) is 2. The zero-order chi connectivity index (χ0) is 7.98. The minimum absolute atomic E-state index is 0. The van der Waals surface area contributed by atoms with Gasteiger partial charge in [0, 0.05) is 19.5 Å². The Hall–Kier alpha value is 0.0934. The van der Waals surface area contributed by atoms with Crippen molar-refractivity contribution in [2.24, 2.45) is 5.92 Å². The van der Waals surface area contributed by atoms with Crippen molar-refractivity contribution in [3.05, 3.63) is 0 Å². The van der Waals surface area contributed by atoms with E-state index in [-0.39, 0.29) is 25.4 Å². The van der Waals surface area contributed by atoms with E-state index < -0.39 is 5.97 Å². The van der Waals surface area contributed by atoms with Crippen molar-refractivity contribution in [2.75, 3.05) is 0 Å². The molecule has 0 spiro atoms. The van der Waals surface area contributed by atoms with Crippen LogP contribution in [0.3, 0.4) is 0 Å². The minimum Gasteiger partial charge on any atom is -0.481 e. The fourth-order valence-corrected chi connectivity index (χ4v) is 0.824. The summed E-state index contributed by atoms with van der Waals surface area (Å²) in [5.41, 5.74) is 0. The topological polar surface area (TPSA) is 37.3 Å². The second-order valence-electron chi connectivity index (χ2n) is 2.74. The minimum atomic E-state index is -0.670. The van der Waals surface area contributed by atoms with Gasteiger partial charge in [-0.15, -0.1) is 0 Å². The summed E-state index contributed by atoms with van der Waals surface area (Å²) in [7, 11) is 0. The molecule has 2 nitrogen and oxygen atoms in total. The van der Waals surface area contributed by atoms with E-state index in [0.29, 0.717) is 0 Å². The van der Waals surface area contributed by atoms with E-state index in [0.717, 1.165) is 25.7 Å². The largest absolute Gasteiger partial charge is 0.481 e. The molecule has 0 rings (SSSR count). The van der Waals surface area contributed by atoms with Crippen LogP contribution in [0.2, 0.25) is 0 Å². The second-order valence-corrected chi connectivity index (χ2v) is 2.74. The Balaban J connectivity index is 0. The van der Waals surface area contributed by atoms with Crippen LogP contribution < -0.4 is 0 Å². The zero-order valence-corrected chi connectivity index (χ0v) is 10.4. The van der Waals surface area contributed by atoms with Gasteiger partial charge in [-0.1, -0.05) is 33.1 Å². The first-order chi connectivity index (χ1) is 4.68. The molecule has 0 aliphatic heterocycles. The molecule has 0 radical (unpaired) electrons. The van der Waals surface area contributed by atoms with Crippen LogP contribution in [0.1, 0.15) is 39.5 Å². The van der Waals surface area contributed by atoms with Gasteiger partial charge in [0.2, 0.25) is 0 Å². The van der Waals surface area contributed by atoms with E-state index in [9.17, 15) is 4.79 Å². The number of rotatable bonds is 5. The number of hydrogen-bond acceptors (Lipinski definition) is 1. The van der Waals surface area contributed by atoms with Gasteiger partial charge < -0.3 is 5.11 Å². The standard InChI is InChI=1S/C8H16O2.Zn/c1-3-4-5-6-7(2)8(9)10;/h7H,3-6H2,1-2H3,(H,9,10);. The van der Waals surface area contributed by atoms with Crippen LogP contribution in [0, 0.1) is 5.92 Å². The molecule has 0 heterocycles. The SMILES string of the molecule is CCCCCC(C)C(=O)O.[Zn]. The first-order valence-corrected chi connectivity index (χ1v) is 3.91. The Morgan fingerprint density at radius 1 is 1.45 bits per heavy atom. The van der Waals surface area contributed by atoms with Crippen LogP contribution in [0.4, 0.5) is 0 Å². The van der Waals surface area contributed by atoms with Crippen LogP contribution in [0.25, 0.3) is 0 Å². The van der Waals surface area contributed by atoms with Gasteiger partial charge in [-0.05, 0) is 6.42 Å². The molecule has 0 amide bonds. The number of aliphatic carboxylic acids is 1. The molecule has 0 aromatic heterocycles. The molecule has 0 saturated carbocycles. The van der Waals surface area contributed by atoms with Crippen LogP contribution in [0.5, 0.6) is 0 Å². The molecule has 0 fully saturated rings. The maximum absolute atomic E-state index is 10.3. The summed E-state index contributed by atoms with van der Waals surface area (Å²) < 4.78 is 0. The van der Waals surface area contributed by atoms with E-state index in [2.05, 4.69) is 6.92 Å². The molecular weight excluding hydrogens is 193 g/mol. The van der Waals surface area contributed by atoms with Gasteiger partial charge in [-0.25, -0.2) is 0 Å². The van der Waals surface area contributed by atoms with Crippen LogP contribution in [-0.4, -0.2) is 11.1 Å². The van der Waals surface area contributed by atoms with Gasteiger partial charge in [-0.2, -0.15) is 0 Å². The van der Waals surface area contributed by atoms with Gasteiger partial charge in [0.15, 0.2) is 0 Å². The Morgan fingerprint density at radius 2 is 2.00 bits per heavy atom. The van der Waals surface area contributed by atoms with E-state index in [1.165, 1.54) is 0 Å². The second kappa shape index (κ2) is 8.19. The first-order valence-electron chi connectivity index (χ1n) is 3.91. The van der Waals surface area contributed by atoms with Crippen molar-refractivity contribution in [1.82, 2.24) is 0 Å².